The van der Waals surface area contributed by atoms with E-state index in [4.69, 9.17) is 29.6 Å². The molecule has 0 fully saturated rings. The van der Waals surface area contributed by atoms with Crippen molar-refractivity contribution in [2.24, 2.45) is 0 Å². The van der Waals surface area contributed by atoms with Crippen LogP contribution in [0.15, 0.2) is 38.4 Å². The molecule has 0 amide bonds. The lowest BCUT2D eigenvalue weighted by Gasteiger charge is -2.36. The molecule has 3 unspecified atom stereocenters. The molecule has 0 aliphatic carbocycles. The van der Waals surface area contributed by atoms with E-state index in [9.17, 15) is 18.0 Å². The number of halogens is 2. The summed E-state index contributed by atoms with van der Waals surface area (Å²) in [5.74, 6) is -4.25. The van der Waals surface area contributed by atoms with Gasteiger partial charge in [0.05, 0.1) is 17.2 Å². The minimum absolute atomic E-state index is 0.161. The minimum Gasteiger partial charge on any atom is -0.491 e. The van der Waals surface area contributed by atoms with E-state index in [1.165, 1.54) is 13.0 Å². The van der Waals surface area contributed by atoms with Crippen LogP contribution in [0.3, 0.4) is 0 Å². The van der Waals surface area contributed by atoms with Crippen LogP contribution >= 0.6 is 11.6 Å². The average Bonchev–Trinajstić information content (AvgIpc) is 3.30. The first-order valence-electron chi connectivity index (χ1n) is 13.0. The molecule has 13 heteroatoms. The molecule has 1 aromatic heterocycles. The van der Waals surface area contributed by atoms with E-state index < -0.39 is 62.6 Å². The molecule has 0 spiro atoms. The van der Waals surface area contributed by atoms with Crippen LogP contribution in [-0.4, -0.2) is 31.2 Å². The Labute approximate surface area is 227 Å². The van der Waals surface area contributed by atoms with Gasteiger partial charge in [0.25, 0.3) is 0 Å². The molecule has 0 bridgehead atoms. The van der Waals surface area contributed by atoms with Crippen LogP contribution in [-0.2, 0) is 25.2 Å². The highest BCUT2D eigenvalue weighted by atomic mass is 35.5. The standard InChI is InChI=1S/C25H27ClFN3O7S/c1-12-6-8-17(27)19(13(12)2)14(3)21(23-28-29-24(32)36-23)30-38(33,34)18-9-7-16(26)20-22(18)35-11-10-25(20,5)37-15(4)31/h6-9,14,21,30H,10-11H2,1-5H3,(H,29,32)/i5D3. The topological polar surface area (TPSA) is 141 Å². The van der Waals surface area contributed by atoms with E-state index in [0.29, 0.717) is 5.56 Å². The molecule has 1 aliphatic heterocycles. The number of aromatic nitrogens is 2. The van der Waals surface area contributed by atoms with E-state index in [2.05, 4.69) is 14.9 Å². The molecule has 2 N–H and O–H groups in total. The Kier molecular flexibility index (Phi) is 6.38. The van der Waals surface area contributed by atoms with E-state index in [1.54, 1.807) is 19.9 Å². The van der Waals surface area contributed by atoms with Crippen molar-refractivity contribution in [2.45, 2.75) is 63.4 Å². The molecule has 2 aromatic carbocycles. The summed E-state index contributed by atoms with van der Waals surface area (Å²) in [5.41, 5.74) is -1.17. The maximum atomic E-state index is 15.1. The largest absolute Gasteiger partial charge is 0.491 e. The lowest BCUT2D eigenvalue weighted by molar-refractivity contribution is -0.159. The summed E-state index contributed by atoms with van der Waals surface area (Å²) < 4.78 is 85.8. The fourth-order valence-corrected chi connectivity index (χ4v) is 6.26. The molecule has 3 aromatic rings. The number of carbonyl (C=O) groups excluding carboxylic acids is 1. The number of aryl methyl sites for hydroxylation is 1. The second kappa shape index (κ2) is 10.2. The van der Waals surface area contributed by atoms with Crippen LogP contribution < -0.4 is 15.2 Å². The number of nitrogens with one attached hydrogen (secondary N) is 2. The number of ether oxygens (including phenoxy) is 2. The molecule has 3 atom stereocenters. The van der Waals surface area contributed by atoms with Crippen molar-refractivity contribution < 1.29 is 35.6 Å². The van der Waals surface area contributed by atoms with Gasteiger partial charge in [0.2, 0.25) is 15.9 Å². The summed E-state index contributed by atoms with van der Waals surface area (Å²) in [5, 5.41) is 5.65. The van der Waals surface area contributed by atoms with Gasteiger partial charge in [-0.15, -0.1) is 5.10 Å². The first-order valence-corrected chi connectivity index (χ1v) is 13.3. The van der Waals surface area contributed by atoms with Gasteiger partial charge < -0.3 is 13.9 Å². The van der Waals surface area contributed by atoms with Crippen molar-refractivity contribution in [1.29, 1.82) is 0 Å². The maximum Gasteiger partial charge on any atom is 0.434 e. The molecular weight excluding hydrogens is 541 g/mol. The Morgan fingerprint density at radius 1 is 1.34 bits per heavy atom. The van der Waals surface area contributed by atoms with Crippen molar-refractivity contribution in [3.63, 3.8) is 0 Å². The summed E-state index contributed by atoms with van der Waals surface area (Å²) in [6.07, 6.45) is -0.323. The lowest BCUT2D eigenvalue weighted by Crippen LogP contribution is -2.37. The van der Waals surface area contributed by atoms with Gasteiger partial charge in [0.1, 0.15) is 28.1 Å². The zero-order chi connectivity index (χ0) is 30.5. The number of hydrogen-bond donors (Lipinski definition) is 2. The predicted octanol–water partition coefficient (Wildman–Crippen LogP) is 4.16. The molecule has 2 heterocycles. The van der Waals surface area contributed by atoms with E-state index in [1.807, 2.05) is 0 Å². The number of aromatic amines is 1. The van der Waals surface area contributed by atoms with Gasteiger partial charge in [-0.3, -0.25) is 4.79 Å². The van der Waals surface area contributed by atoms with Crippen molar-refractivity contribution in [1.82, 2.24) is 14.9 Å². The molecule has 1 aliphatic rings. The normalized spacial score (nSPS) is 20.3. The van der Waals surface area contributed by atoms with Crippen molar-refractivity contribution in [3.05, 3.63) is 73.8 Å². The predicted molar refractivity (Wildman–Crippen MR) is 135 cm³/mol. The highest BCUT2D eigenvalue weighted by Crippen LogP contribution is 2.47. The van der Waals surface area contributed by atoms with Gasteiger partial charge in [0, 0.05) is 23.4 Å². The number of sulfonamides is 1. The van der Waals surface area contributed by atoms with Crippen molar-refractivity contribution in [2.75, 3.05) is 6.61 Å². The van der Waals surface area contributed by atoms with Gasteiger partial charge in [0.15, 0.2) is 0 Å². The van der Waals surface area contributed by atoms with Crippen molar-refractivity contribution >= 4 is 27.6 Å². The second-order valence-corrected chi connectivity index (χ2v) is 11.1. The van der Waals surface area contributed by atoms with Gasteiger partial charge >= 0.3 is 11.7 Å². The van der Waals surface area contributed by atoms with Gasteiger partial charge in [-0.25, -0.2) is 22.7 Å². The number of benzene rings is 2. The van der Waals surface area contributed by atoms with Gasteiger partial charge in [-0.1, -0.05) is 24.6 Å². The van der Waals surface area contributed by atoms with Gasteiger partial charge in [-0.2, -0.15) is 4.72 Å². The van der Waals surface area contributed by atoms with E-state index >= 15 is 4.39 Å². The zero-order valence-corrected chi connectivity index (χ0v) is 22.4. The number of rotatable bonds is 7. The molecule has 204 valence electrons. The van der Waals surface area contributed by atoms with Crippen LogP contribution in [0.2, 0.25) is 5.02 Å². The first kappa shape index (κ1) is 23.9. The van der Waals surface area contributed by atoms with Crippen LogP contribution in [0.5, 0.6) is 5.75 Å². The summed E-state index contributed by atoms with van der Waals surface area (Å²) >= 11 is 6.38. The molecule has 0 saturated heterocycles. The second-order valence-electron chi connectivity index (χ2n) is 9.01. The minimum atomic E-state index is -4.67. The Balaban J connectivity index is 1.89. The van der Waals surface area contributed by atoms with Crippen LogP contribution in [0.4, 0.5) is 4.39 Å². The third kappa shape index (κ3) is 5.07. The Morgan fingerprint density at radius 3 is 2.71 bits per heavy atom. The first-order chi connectivity index (χ1) is 19.0. The van der Waals surface area contributed by atoms with Crippen LogP contribution in [0, 0.1) is 19.7 Å². The Hall–Kier alpha value is -3.22. The molecule has 4 rings (SSSR count). The zero-order valence-electron chi connectivity index (χ0n) is 23.8. The Morgan fingerprint density at radius 2 is 2.08 bits per heavy atom. The molecule has 10 nitrogen and oxygen atoms in total. The quantitative estimate of drug-likeness (QED) is 0.404. The molecule has 0 radical (unpaired) electrons. The summed E-state index contributed by atoms with van der Waals surface area (Å²) in [6, 6.07) is 3.64. The summed E-state index contributed by atoms with van der Waals surface area (Å²) in [7, 11) is -4.67. The fraction of sp³-hybridized carbons (Fsp3) is 0.400. The highest BCUT2D eigenvalue weighted by Gasteiger charge is 2.42. The molecule has 0 saturated carbocycles. The van der Waals surface area contributed by atoms with Crippen LogP contribution in [0.1, 0.15) is 71.3 Å². The number of hydrogen-bond acceptors (Lipinski definition) is 8. The highest BCUT2D eigenvalue weighted by molar-refractivity contribution is 7.89. The van der Waals surface area contributed by atoms with E-state index in [-0.39, 0.29) is 35.1 Å². The summed E-state index contributed by atoms with van der Waals surface area (Å²) in [4.78, 5) is 23.3. The van der Waals surface area contributed by atoms with Gasteiger partial charge in [-0.05, 0) is 55.6 Å². The van der Waals surface area contributed by atoms with Crippen LogP contribution in [0.25, 0.3) is 0 Å². The fourth-order valence-electron chi connectivity index (χ4n) is 4.54. The number of esters is 1. The number of fused-ring (bicyclic) bond motifs is 1. The summed E-state index contributed by atoms with van der Waals surface area (Å²) in [6.45, 7) is 2.71. The Bertz CT molecular complexity index is 1680. The third-order valence-corrected chi connectivity index (χ3v) is 8.25. The number of H-pyrrole nitrogens is 1. The maximum absolute atomic E-state index is 15.1. The average molecular weight is 571 g/mol. The number of carbonyl (C=O) groups is 1. The van der Waals surface area contributed by atoms with Crippen molar-refractivity contribution in [3.8, 4) is 5.75 Å². The third-order valence-electron chi connectivity index (χ3n) is 6.47. The molecule has 38 heavy (non-hydrogen) atoms. The number of nitrogens with zero attached hydrogens (tertiary/aromatic N) is 1. The lowest BCUT2D eigenvalue weighted by atomic mass is 9.88. The molecular formula is C25H27ClFN3O7S. The monoisotopic (exact) mass is 570 g/mol. The smallest absolute Gasteiger partial charge is 0.434 e. The SMILES string of the molecule is [2H]C([2H])([2H])C1(OC(C)=O)CCOc2c(S(=O)(=O)NC(c3n[nH]c(=O)o3)C(C)c3c(F)ccc(C)c3C)ccc(Cl)c21. The van der Waals surface area contributed by atoms with E-state index in [0.717, 1.165) is 24.6 Å².